The van der Waals surface area contributed by atoms with Crippen LogP contribution in [0.25, 0.3) is 0 Å². The molecule has 1 saturated carbocycles. The SMILES string of the molecule is Cc1nc(CNC(=O)CNC2CC2)no1. The minimum Gasteiger partial charge on any atom is -0.348 e. The van der Waals surface area contributed by atoms with Gasteiger partial charge in [0.2, 0.25) is 11.8 Å². The Labute approximate surface area is 87.4 Å². The van der Waals surface area contributed by atoms with E-state index < -0.39 is 0 Å². The third kappa shape index (κ3) is 3.32. The highest BCUT2D eigenvalue weighted by atomic mass is 16.5. The van der Waals surface area contributed by atoms with Crippen LogP contribution in [0.3, 0.4) is 0 Å². The van der Waals surface area contributed by atoms with Crippen molar-refractivity contribution in [2.75, 3.05) is 6.54 Å². The third-order valence-electron chi connectivity index (χ3n) is 2.14. The summed E-state index contributed by atoms with van der Waals surface area (Å²) in [5, 5.41) is 9.50. The number of rotatable bonds is 5. The van der Waals surface area contributed by atoms with Crippen LogP contribution in [0, 0.1) is 6.92 Å². The first kappa shape index (κ1) is 10.1. The maximum absolute atomic E-state index is 11.3. The monoisotopic (exact) mass is 210 g/mol. The Kier molecular flexibility index (Phi) is 2.96. The van der Waals surface area contributed by atoms with Gasteiger partial charge in [-0.2, -0.15) is 4.98 Å². The van der Waals surface area contributed by atoms with Crippen molar-refractivity contribution in [3.05, 3.63) is 11.7 Å². The Morgan fingerprint density at radius 1 is 1.60 bits per heavy atom. The Bertz CT molecular complexity index is 346. The van der Waals surface area contributed by atoms with Gasteiger partial charge in [-0.05, 0) is 12.8 Å². The zero-order chi connectivity index (χ0) is 10.7. The Morgan fingerprint density at radius 3 is 3.00 bits per heavy atom. The van der Waals surface area contributed by atoms with Crippen LogP contribution in [0.2, 0.25) is 0 Å². The molecule has 2 rings (SSSR count). The summed E-state index contributed by atoms with van der Waals surface area (Å²) in [4.78, 5) is 15.3. The number of carbonyl (C=O) groups excluding carboxylic acids is 1. The molecule has 0 atom stereocenters. The predicted molar refractivity (Wildman–Crippen MR) is 51.9 cm³/mol. The van der Waals surface area contributed by atoms with Gasteiger partial charge in [0, 0.05) is 13.0 Å². The van der Waals surface area contributed by atoms with Crippen molar-refractivity contribution in [2.24, 2.45) is 0 Å². The zero-order valence-corrected chi connectivity index (χ0v) is 8.62. The third-order valence-corrected chi connectivity index (χ3v) is 2.14. The summed E-state index contributed by atoms with van der Waals surface area (Å²) in [5.41, 5.74) is 0. The lowest BCUT2D eigenvalue weighted by Crippen LogP contribution is -2.34. The van der Waals surface area contributed by atoms with Gasteiger partial charge in [-0.3, -0.25) is 4.79 Å². The molecule has 82 valence electrons. The van der Waals surface area contributed by atoms with Crippen molar-refractivity contribution in [1.82, 2.24) is 20.8 Å². The molecule has 1 fully saturated rings. The molecule has 0 bridgehead atoms. The van der Waals surface area contributed by atoms with Crippen molar-refractivity contribution in [3.8, 4) is 0 Å². The molecule has 0 unspecified atom stereocenters. The van der Waals surface area contributed by atoms with Crippen molar-refractivity contribution in [1.29, 1.82) is 0 Å². The Hall–Kier alpha value is -1.43. The van der Waals surface area contributed by atoms with Gasteiger partial charge in [-0.1, -0.05) is 5.16 Å². The first-order valence-electron chi connectivity index (χ1n) is 5.03. The van der Waals surface area contributed by atoms with E-state index in [1.165, 1.54) is 12.8 Å². The van der Waals surface area contributed by atoms with Crippen LogP contribution in [0.15, 0.2) is 4.52 Å². The number of aromatic nitrogens is 2. The second kappa shape index (κ2) is 4.39. The van der Waals surface area contributed by atoms with Gasteiger partial charge in [-0.15, -0.1) is 0 Å². The summed E-state index contributed by atoms with van der Waals surface area (Å²) in [7, 11) is 0. The molecule has 1 amide bonds. The topological polar surface area (TPSA) is 80.0 Å². The van der Waals surface area contributed by atoms with E-state index in [1.807, 2.05) is 0 Å². The summed E-state index contributed by atoms with van der Waals surface area (Å²) in [6, 6.07) is 0.545. The number of aryl methyl sites for hydroxylation is 1. The number of nitrogens with one attached hydrogen (secondary N) is 2. The Morgan fingerprint density at radius 2 is 2.40 bits per heavy atom. The van der Waals surface area contributed by atoms with Crippen molar-refractivity contribution >= 4 is 5.91 Å². The van der Waals surface area contributed by atoms with Gasteiger partial charge in [-0.25, -0.2) is 0 Å². The summed E-state index contributed by atoms with van der Waals surface area (Å²) < 4.78 is 4.78. The first-order chi connectivity index (χ1) is 7.24. The quantitative estimate of drug-likeness (QED) is 0.700. The lowest BCUT2D eigenvalue weighted by atomic mass is 10.5. The fourth-order valence-electron chi connectivity index (χ4n) is 1.18. The number of amides is 1. The van der Waals surface area contributed by atoms with Gasteiger partial charge < -0.3 is 15.2 Å². The smallest absolute Gasteiger partial charge is 0.234 e. The number of nitrogens with zero attached hydrogens (tertiary/aromatic N) is 2. The van der Waals surface area contributed by atoms with Crippen LogP contribution >= 0.6 is 0 Å². The predicted octanol–water partition coefficient (Wildman–Crippen LogP) is -0.254. The fourth-order valence-corrected chi connectivity index (χ4v) is 1.18. The highest BCUT2D eigenvalue weighted by Gasteiger charge is 2.21. The van der Waals surface area contributed by atoms with E-state index in [0.717, 1.165) is 0 Å². The van der Waals surface area contributed by atoms with Crippen LogP contribution in [-0.4, -0.2) is 28.6 Å². The molecule has 0 saturated heterocycles. The molecule has 1 heterocycles. The molecule has 0 spiro atoms. The number of hydrogen-bond donors (Lipinski definition) is 2. The maximum atomic E-state index is 11.3. The molecular weight excluding hydrogens is 196 g/mol. The minimum absolute atomic E-state index is 0.0376. The standard InChI is InChI=1S/C9H14N4O2/c1-6-12-8(13-15-6)4-11-9(14)5-10-7-2-3-7/h7,10H,2-5H2,1H3,(H,11,14). The average Bonchev–Trinajstić information content (AvgIpc) is 2.95. The molecule has 6 nitrogen and oxygen atoms in total. The van der Waals surface area contributed by atoms with E-state index in [0.29, 0.717) is 30.8 Å². The van der Waals surface area contributed by atoms with Crippen LogP contribution in [0.4, 0.5) is 0 Å². The van der Waals surface area contributed by atoms with E-state index in [2.05, 4.69) is 20.8 Å². The van der Waals surface area contributed by atoms with Gasteiger partial charge in [0.05, 0.1) is 13.1 Å². The lowest BCUT2D eigenvalue weighted by molar-refractivity contribution is -0.120. The minimum atomic E-state index is -0.0376. The molecular formula is C9H14N4O2. The van der Waals surface area contributed by atoms with E-state index in [1.54, 1.807) is 6.92 Å². The van der Waals surface area contributed by atoms with Gasteiger partial charge in [0.25, 0.3) is 0 Å². The molecule has 1 aliphatic carbocycles. The average molecular weight is 210 g/mol. The molecule has 2 N–H and O–H groups in total. The molecule has 1 aromatic heterocycles. The zero-order valence-electron chi connectivity index (χ0n) is 8.62. The van der Waals surface area contributed by atoms with E-state index in [9.17, 15) is 4.79 Å². The number of carbonyl (C=O) groups is 1. The second-order valence-electron chi connectivity index (χ2n) is 3.66. The van der Waals surface area contributed by atoms with Gasteiger partial charge in [0.15, 0.2) is 5.82 Å². The molecule has 0 aromatic carbocycles. The molecule has 0 aliphatic heterocycles. The van der Waals surface area contributed by atoms with E-state index in [4.69, 9.17) is 4.52 Å². The fraction of sp³-hybridized carbons (Fsp3) is 0.667. The highest BCUT2D eigenvalue weighted by molar-refractivity contribution is 5.77. The van der Waals surface area contributed by atoms with Crippen LogP contribution in [0.5, 0.6) is 0 Å². The highest BCUT2D eigenvalue weighted by Crippen LogP contribution is 2.17. The van der Waals surface area contributed by atoms with Crippen LogP contribution in [0.1, 0.15) is 24.6 Å². The van der Waals surface area contributed by atoms with Crippen LogP contribution in [-0.2, 0) is 11.3 Å². The summed E-state index contributed by atoms with van der Waals surface area (Å²) in [5.74, 6) is 0.979. The molecule has 0 radical (unpaired) electrons. The lowest BCUT2D eigenvalue weighted by Gasteiger charge is -2.02. The van der Waals surface area contributed by atoms with Crippen molar-refractivity contribution in [2.45, 2.75) is 32.4 Å². The van der Waals surface area contributed by atoms with E-state index in [-0.39, 0.29) is 5.91 Å². The molecule has 1 aliphatic rings. The second-order valence-corrected chi connectivity index (χ2v) is 3.66. The molecule has 15 heavy (non-hydrogen) atoms. The number of hydrogen-bond acceptors (Lipinski definition) is 5. The summed E-state index contributed by atoms with van der Waals surface area (Å²) in [6.07, 6.45) is 2.36. The summed E-state index contributed by atoms with van der Waals surface area (Å²) >= 11 is 0. The van der Waals surface area contributed by atoms with Crippen LogP contribution < -0.4 is 10.6 Å². The maximum Gasteiger partial charge on any atom is 0.234 e. The first-order valence-corrected chi connectivity index (χ1v) is 5.03. The molecule has 6 heteroatoms. The van der Waals surface area contributed by atoms with E-state index >= 15 is 0 Å². The van der Waals surface area contributed by atoms with Gasteiger partial charge in [0.1, 0.15) is 0 Å². The van der Waals surface area contributed by atoms with Crippen molar-refractivity contribution < 1.29 is 9.32 Å². The Balaban J connectivity index is 1.65. The summed E-state index contributed by atoms with van der Waals surface area (Å²) in [6.45, 7) is 2.40. The van der Waals surface area contributed by atoms with Gasteiger partial charge >= 0.3 is 0 Å². The van der Waals surface area contributed by atoms with Crippen molar-refractivity contribution in [3.63, 3.8) is 0 Å². The largest absolute Gasteiger partial charge is 0.348 e. The molecule has 1 aromatic rings. The normalized spacial score (nSPS) is 15.3.